The number of halogens is 2. The first-order valence-corrected chi connectivity index (χ1v) is 12.0. The quantitative estimate of drug-likeness (QED) is 0.360. The second-order valence-corrected chi connectivity index (χ2v) is 9.97. The van der Waals surface area contributed by atoms with Crippen molar-refractivity contribution in [2.24, 2.45) is 0 Å². The Morgan fingerprint density at radius 2 is 1.55 bits per heavy atom. The molecule has 0 atom stereocenters. The van der Waals surface area contributed by atoms with Crippen molar-refractivity contribution >= 4 is 58.2 Å². The number of nitrogens with zero attached hydrogens (tertiary/aromatic N) is 1. The molecule has 0 saturated heterocycles. The summed E-state index contributed by atoms with van der Waals surface area (Å²) in [6.45, 7) is 6.11. The van der Waals surface area contributed by atoms with Gasteiger partial charge in [-0.2, -0.15) is 0 Å². The summed E-state index contributed by atoms with van der Waals surface area (Å²) in [7, 11) is 0. The SMILES string of the molecule is Cc1ccc(N2C(=O)C(Nc3ccc(C(C)C)cc3)=C(Sc3ccc(Cl)cc3)C2=O)cc1Cl. The van der Waals surface area contributed by atoms with Crippen LogP contribution in [0.5, 0.6) is 0 Å². The maximum absolute atomic E-state index is 13.5. The Bertz CT molecular complexity index is 1250. The van der Waals surface area contributed by atoms with E-state index in [2.05, 4.69) is 19.2 Å². The lowest BCUT2D eigenvalue weighted by Gasteiger charge is -2.16. The van der Waals surface area contributed by atoms with Crippen LogP contribution in [0.2, 0.25) is 10.0 Å². The fourth-order valence-corrected chi connectivity index (χ4v) is 4.61. The molecule has 3 aromatic rings. The molecule has 1 aliphatic rings. The van der Waals surface area contributed by atoms with Gasteiger partial charge in [-0.1, -0.05) is 67.0 Å². The minimum Gasteiger partial charge on any atom is -0.350 e. The van der Waals surface area contributed by atoms with Crippen LogP contribution in [-0.4, -0.2) is 11.8 Å². The van der Waals surface area contributed by atoms with E-state index < -0.39 is 11.8 Å². The summed E-state index contributed by atoms with van der Waals surface area (Å²) in [5, 5.41) is 4.27. The van der Waals surface area contributed by atoms with E-state index in [9.17, 15) is 9.59 Å². The molecule has 0 aromatic heterocycles. The summed E-state index contributed by atoms with van der Waals surface area (Å²) in [6.07, 6.45) is 0. The van der Waals surface area contributed by atoms with Gasteiger partial charge in [-0.05, 0) is 72.5 Å². The highest BCUT2D eigenvalue weighted by atomic mass is 35.5. The van der Waals surface area contributed by atoms with Crippen LogP contribution in [0, 0.1) is 6.92 Å². The maximum Gasteiger partial charge on any atom is 0.283 e. The normalized spacial score (nSPS) is 13.9. The molecule has 168 valence electrons. The van der Waals surface area contributed by atoms with Crippen molar-refractivity contribution < 1.29 is 9.59 Å². The van der Waals surface area contributed by atoms with Gasteiger partial charge < -0.3 is 5.32 Å². The number of hydrogen-bond acceptors (Lipinski definition) is 4. The molecule has 4 nitrogen and oxygen atoms in total. The number of benzene rings is 3. The molecular formula is C26H22Cl2N2O2S. The number of rotatable bonds is 6. The minimum atomic E-state index is -0.427. The van der Waals surface area contributed by atoms with Crippen molar-refractivity contribution in [1.82, 2.24) is 0 Å². The van der Waals surface area contributed by atoms with Crippen molar-refractivity contribution in [2.75, 3.05) is 10.2 Å². The van der Waals surface area contributed by atoms with Crippen molar-refractivity contribution in [1.29, 1.82) is 0 Å². The molecule has 0 spiro atoms. The Balaban J connectivity index is 1.72. The summed E-state index contributed by atoms with van der Waals surface area (Å²) in [5.74, 6) is -0.434. The molecule has 3 aromatic carbocycles. The lowest BCUT2D eigenvalue weighted by atomic mass is 10.0. The first-order chi connectivity index (χ1) is 15.7. The monoisotopic (exact) mass is 496 g/mol. The van der Waals surface area contributed by atoms with Crippen LogP contribution in [0.25, 0.3) is 0 Å². The average molecular weight is 497 g/mol. The molecule has 0 fully saturated rings. The van der Waals surface area contributed by atoms with Crippen LogP contribution in [0.3, 0.4) is 0 Å². The molecule has 33 heavy (non-hydrogen) atoms. The number of amides is 2. The lowest BCUT2D eigenvalue weighted by Crippen LogP contribution is -2.32. The first-order valence-electron chi connectivity index (χ1n) is 10.4. The number of carbonyl (C=O) groups excluding carboxylic acids is 2. The van der Waals surface area contributed by atoms with Gasteiger partial charge in [-0.15, -0.1) is 0 Å². The zero-order valence-corrected chi connectivity index (χ0v) is 20.7. The highest BCUT2D eigenvalue weighted by Crippen LogP contribution is 2.39. The standard InChI is InChI=1S/C26H22Cl2N2O2S/c1-15(2)17-5-9-19(10-6-17)29-23-24(33-21-12-7-18(27)8-13-21)26(32)30(25(23)31)20-11-4-16(3)22(28)14-20/h4-15,29H,1-3H3. The Morgan fingerprint density at radius 1 is 0.879 bits per heavy atom. The van der Waals surface area contributed by atoms with Gasteiger partial charge in [0, 0.05) is 20.6 Å². The number of carbonyl (C=O) groups is 2. The van der Waals surface area contributed by atoms with E-state index in [1.165, 1.54) is 17.3 Å². The van der Waals surface area contributed by atoms with Crippen LogP contribution in [0.15, 0.2) is 82.2 Å². The number of imide groups is 1. The first kappa shape index (κ1) is 23.4. The van der Waals surface area contributed by atoms with Crippen LogP contribution >= 0.6 is 35.0 Å². The molecule has 0 aliphatic carbocycles. The van der Waals surface area contributed by atoms with Crippen molar-refractivity contribution in [3.8, 4) is 0 Å². The zero-order chi connectivity index (χ0) is 23.7. The van der Waals surface area contributed by atoms with E-state index >= 15 is 0 Å². The Hall–Kier alpha value is -2.73. The lowest BCUT2D eigenvalue weighted by molar-refractivity contribution is -0.120. The molecule has 0 saturated carbocycles. The van der Waals surface area contributed by atoms with Gasteiger partial charge >= 0.3 is 0 Å². The van der Waals surface area contributed by atoms with Crippen LogP contribution in [-0.2, 0) is 9.59 Å². The predicted molar refractivity (Wildman–Crippen MR) is 137 cm³/mol. The number of anilines is 2. The Labute approximate surface area is 207 Å². The smallest absolute Gasteiger partial charge is 0.283 e. The van der Waals surface area contributed by atoms with Gasteiger partial charge in [0.1, 0.15) is 10.6 Å². The van der Waals surface area contributed by atoms with E-state index in [4.69, 9.17) is 23.2 Å². The van der Waals surface area contributed by atoms with E-state index in [1.54, 1.807) is 30.3 Å². The molecule has 0 bridgehead atoms. The van der Waals surface area contributed by atoms with Crippen molar-refractivity contribution in [2.45, 2.75) is 31.6 Å². The highest BCUT2D eigenvalue weighted by molar-refractivity contribution is 8.04. The largest absolute Gasteiger partial charge is 0.350 e. The van der Waals surface area contributed by atoms with Gasteiger partial charge in [-0.25, -0.2) is 4.90 Å². The summed E-state index contributed by atoms with van der Waals surface area (Å²) in [5.41, 5.74) is 3.45. The number of thioether (sulfide) groups is 1. The van der Waals surface area contributed by atoms with Crippen LogP contribution in [0.1, 0.15) is 30.9 Å². The maximum atomic E-state index is 13.5. The van der Waals surface area contributed by atoms with E-state index in [1.807, 2.05) is 43.3 Å². The van der Waals surface area contributed by atoms with E-state index in [0.29, 0.717) is 26.6 Å². The van der Waals surface area contributed by atoms with Gasteiger partial charge in [0.15, 0.2) is 0 Å². The number of hydrogen-bond donors (Lipinski definition) is 1. The fraction of sp³-hybridized carbons (Fsp3) is 0.154. The van der Waals surface area contributed by atoms with Gasteiger partial charge in [-0.3, -0.25) is 9.59 Å². The molecule has 4 rings (SSSR count). The van der Waals surface area contributed by atoms with Crippen LogP contribution < -0.4 is 10.2 Å². The third-order valence-corrected chi connectivity index (χ3v) is 7.09. The van der Waals surface area contributed by atoms with E-state index in [0.717, 1.165) is 21.0 Å². The minimum absolute atomic E-state index is 0.231. The molecular weight excluding hydrogens is 475 g/mol. The molecule has 2 amide bonds. The molecule has 1 aliphatic heterocycles. The summed E-state index contributed by atoms with van der Waals surface area (Å²) < 4.78 is 0. The Kier molecular flexibility index (Phi) is 6.84. The summed E-state index contributed by atoms with van der Waals surface area (Å²) in [6, 6.07) is 20.1. The average Bonchev–Trinajstić information content (AvgIpc) is 3.01. The summed E-state index contributed by atoms with van der Waals surface area (Å²) >= 11 is 13.5. The molecule has 0 radical (unpaired) electrons. The topological polar surface area (TPSA) is 49.4 Å². The predicted octanol–water partition coefficient (Wildman–Crippen LogP) is 7.41. The highest BCUT2D eigenvalue weighted by Gasteiger charge is 2.40. The third-order valence-electron chi connectivity index (χ3n) is 5.34. The van der Waals surface area contributed by atoms with Gasteiger partial charge in [0.25, 0.3) is 11.8 Å². The molecule has 1 heterocycles. The van der Waals surface area contributed by atoms with Crippen molar-refractivity contribution in [3.05, 3.63) is 98.5 Å². The van der Waals surface area contributed by atoms with Gasteiger partial charge in [0.2, 0.25) is 0 Å². The van der Waals surface area contributed by atoms with E-state index in [-0.39, 0.29) is 5.70 Å². The molecule has 7 heteroatoms. The number of aryl methyl sites for hydroxylation is 1. The fourth-order valence-electron chi connectivity index (χ4n) is 3.39. The second-order valence-electron chi connectivity index (χ2n) is 8.04. The zero-order valence-electron chi connectivity index (χ0n) is 18.4. The van der Waals surface area contributed by atoms with Crippen molar-refractivity contribution in [3.63, 3.8) is 0 Å². The number of nitrogens with one attached hydrogen (secondary N) is 1. The summed E-state index contributed by atoms with van der Waals surface area (Å²) in [4.78, 5) is 29.2. The Morgan fingerprint density at radius 3 is 2.15 bits per heavy atom. The molecule has 1 N–H and O–H groups in total. The third kappa shape index (κ3) is 4.96. The van der Waals surface area contributed by atoms with Crippen LogP contribution in [0.4, 0.5) is 11.4 Å². The second kappa shape index (κ2) is 9.64. The van der Waals surface area contributed by atoms with Gasteiger partial charge in [0.05, 0.1) is 5.69 Å². The molecule has 0 unspecified atom stereocenters.